The summed E-state index contributed by atoms with van der Waals surface area (Å²) in [6, 6.07) is 17.7. The second kappa shape index (κ2) is 13.5. The highest BCUT2D eigenvalue weighted by atomic mass is 16.5. The van der Waals surface area contributed by atoms with Gasteiger partial charge in [-0.15, -0.1) is 0 Å². The molecule has 0 bridgehead atoms. The summed E-state index contributed by atoms with van der Waals surface area (Å²) in [6.45, 7) is 0.481. The van der Waals surface area contributed by atoms with Gasteiger partial charge in [0.25, 0.3) is 0 Å². The van der Waals surface area contributed by atoms with Gasteiger partial charge in [-0.1, -0.05) is 79.6 Å². The number of nitrogens with zero attached hydrogens (tertiary/aromatic N) is 1. The molecule has 1 spiro atoms. The van der Waals surface area contributed by atoms with Gasteiger partial charge in [-0.05, 0) is 61.6 Å². The van der Waals surface area contributed by atoms with Crippen molar-refractivity contribution >= 4 is 17.8 Å². The number of hydrogen-bond donors (Lipinski definition) is 2. The number of nitrogens with one attached hydrogen (secondary N) is 1. The minimum absolute atomic E-state index is 0.0708. The van der Waals surface area contributed by atoms with E-state index in [9.17, 15) is 19.5 Å². The fourth-order valence-corrected chi connectivity index (χ4v) is 6.58. The van der Waals surface area contributed by atoms with Crippen molar-refractivity contribution < 1.29 is 24.2 Å². The van der Waals surface area contributed by atoms with Crippen molar-refractivity contribution in [2.45, 2.75) is 82.3 Å². The summed E-state index contributed by atoms with van der Waals surface area (Å²) in [7, 11) is 0. The lowest BCUT2D eigenvalue weighted by molar-refractivity contribution is -0.152. The molecule has 7 heteroatoms. The fraction of sp³-hybridized carbons (Fsp3) is 0.500. The third kappa shape index (κ3) is 7.25. The van der Waals surface area contributed by atoms with E-state index >= 15 is 0 Å². The first-order valence-corrected chi connectivity index (χ1v) is 15.1. The predicted molar refractivity (Wildman–Crippen MR) is 157 cm³/mol. The van der Waals surface area contributed by atoms with Gasteiger partial charge in [-0.3, -0.25) is 14.4 Å². The Morgan fingerprint density at radius 2 is 1.71 bits per heavy atom. The van der Waals surface area contributed by atoms with E-state index in [0.29, 0.717) is 38.6 Å². The maximum absolute atomic E-state index is 13.7. The summed E-state index contributed by atoms with van der Waals surface area (Å²) in [6.07, 6.45) is 10.5. The van der Waals surface area contributed by atoms with Crippen LogP contribution in [0, 0.1) is 11.8 Å². The van der Waals surface area contributed by atoms with Gasteiger partial charge in [0, 0.05) is 13.0 Å². The highest BCUT2D eigenvalue weighted by Crippen LogP contribution is 2.32. The van der Waals surface area contributed by atoms with E-state index < -0.39 is 11.5 Å². The number of hydrogen-bond acceptors (Lipinski definition) is 5. The molecule has 7 nitrogen and oxygen atoms in total. The van der Waals surface area contributed by atoms with E-state index in [0.717, 1.165) is 42.4 Å². The number of aliphatic hydroxyl groups is 1. The molecule has 3 atom stereocenters. The zero-order valence-corrected chi connectivity index (χ0v) is 23.8. The van der Waals surface area contributed by atoms with Crippen LogP contribution in [0.3, 0.4) is 0 Å². The van der Waals surface area contributed by atoms with Crippen LogP contribution in [0.2, 0.25) is 0 Å². The van der Waals surface area contributed by atoms with E-state index in [1.54, 1.807) is 4.90 Å². The minimum atomic E-state index is -0.596. The summed E-state index contributed by atoms with van der Waals surface area (Å²) in [5.41, 5.74) is 2.75. The number of rotatable bonds is 5. The van der Waals surface area contributed by atoms with Gasteiger partial charge in [-0.2, -0.15) is 0 Å². The number of amides is 2. The van der Waals surface area contributed by atoms with E-state index in [2.05, 4.69) is 5.32 Å². The maximum Gasteiger partial charge on any atom is 0.309 e. The van der Waals surface area contributed by atoms with Crippen LogP contribution in [0.1, 0.15) is 68.1 Å². The van der Waals surface area contributed by atoms with E-state index in [1.165, 1.54) is 0 Å². The molecule has 0 aromatic heterocycles. The number of benzene rings is 2. The standard InChI is InChI=1S/C34H42N2O5/c37-23-30-20-26-13-7-8-16-29(26)22-36(30)31(38)21-27-14-5-2-6-15-28(19-25-11-3-1-4-12-25)33(40)41-24-34(35-32(27)39)17-9-10-18-34/h1-5,7-8,11-13,16,27-28,30,37H,6,9-10,14-15,17-24H2,(H,35,39)/t27-,28-,30+/m1/s1. The first-order valence-electron chi connectivity index (χ1n) is 15.1. The lowest BCUT2D eigenvalue weighted by atomic mass is 9.91. The average Bonchev–Trinajstić information content (AvgIpc) is 3.46. The zero-order chi connectivity index (χ0) is 28.7. The Balaban J connectivity index is 1.32. The summed E-state index contributed by atoms with van der Waals surface area (Å²) in [4.78, 5) is 42.3. The Kier molecular flexibility index (Phi) is 9.55. The zero-order valence-electron chi connectivity index (χ0n) is 23.8. The largest absolute Gasteiger partial charge is 0.463 e. The third-order valence-electron chi connectivity index (χ3n) is 9.05. The average molecular weight is 559 g/mol. The number of ether oxygens (including phenoxy) is 1. The van der Waals surface area contributed by atoms with Crippen molar-refractivity contribution in [2.75, 3.05) is 13.2 Å². The van der Waals surface area contributed by atoms with Crippen LogP contribution in [0.15, 0.2) is 66.7 Å². The van der Waals surface area contributed by atoms with Gasteiger partial charge in [-0.25, -0.2) is 0 Å². The van der Waals surface area contributed by atoms with Crippen molar-refractivity contribution in [1.29, 1.82) is 0 Å². The number of cyclic esters (lactones) is 1. The third-order valence-corrected chi connectivity index (χ3v) is 9.05. The molecular weight excluding hydrogens is 516 g/mol. The van der Waals surface area contributed by atoms with Crippen molar-refractivity contribution in [3.8, 4) is 0 Å². The van der Waals surface area contributed by atoms with Crippen LogP contribution < -0.4 is 5.32 Å². The normalized spacial score (nSPS) is 24.9. The van der Waals surface area contributed by atoms with Gasteiger partial charge in [0.1, 0.15) is 6.61 Å². The molecule has 2 aromatic rings. The summed E-state index contributed by atoms with van der Waals surface area (Å²) < 4.78 is 5.92. The molecule has 41 heavy (non-hydrogen) atoms. The summed E-state index contributed by atoms with van der Waals surface area (Å²) >= 11 is 0. The highest BCUT2D eigenvalue weighted by Gasteiger charge is 2.40. The topological polar surface area (TPSA) is 95.9 Å². The van der Waals surface area contributed by atoms with Crippen molar-refractivity contribution in [2.24, 2.45) is 11.8 Å². The van der Waals surface area contributed by atoms with Gasteiger partial charge >= 0.3 is 5.97 Å². The number of carbonyl (C=O) groups excluding carboxylic acids is 3. The molecule has 218 valence electrons. The molecule has 2 heterocycles. The van der Waals surface area contributed by atoms with Gasteiger partial charge < -0.3 is 20.1 Å². The maximum atomic E-state index is 13.7. The summed E-state index contributed by atoms with van der Waals surface area (Å²) in [5.74, 6) is -1.30. The number of carbonyl (C=O) groups is 3. The Bertz CT molecular complexity index is 1240. The molecule has 0 saturated heterocycles. The Labute approximate surface area is 243 Å². The number of esters is 1. The molecule has 0 radical (unpaired) electrons. The number of aliphatic hydroxyl groups excluding tert-OH is 1. The molecular formula is C34H42N2O5. The minimum Gasteiger partial charge on any atom is -0.463 e. The Hall–Kier alpha value is -3.45. The molecule has 1 fully saturated rings. The molecule has 3 aliphatic rings. The van der Waals surface area contributed by atoms with Crippen LogP contribution in [-0.4, -0.2) is 52.6 Å². The lowest BCUT2D eigenvalue weighted by Crippen LogP contribution is -2.53. The molecule has 1 aliphatic carbocycles. The lowest BCUT2D eigenvalue weighted by Gasteiger charge is -2.37. The molecule has 1 saturated carbocycles. The number of allylic oxidation sites excluding steroid dienone is 2. The molecule has 2 aromatic carbocycles. The van der Waals surface area contributed by atoms with Crippen molar-refractivity contribution in [3.63, 3.8) is 0 Å². The van der Waals surface area contributed by atoms with Crippen LogP contribution in [-0.2, 0) is 38.5 Å². The quantitative estimate of drug-likeness (QED) is 0.416. The highest BCUT2D eigenvalue weighted by molar-refractivity contribution is 5.86. The van der Waals surface area contributed by atoms with E-state index in [4.69, 9.17) is 4.74 Å². The smallest absolute Gasteiger partial charge is 0.309 e. The second-order valence-corrected chi connectivity index (χ2v) is 12.0. The number of fused-ring (bicyclic) bond motifs is 1. The second-order valence-electron chi connectivity index (χ2n) is 12.0. The van der Waals surface area contributed by atoms with E-state index in [-0.39, 0.29) is 49.4 Å². The van der Waals surface area contributed by atoms with Gasteiger partial charge in [0.15, 0.2) is 0 Å². The molecule has 2 aliphatic heterocycles. The molecule has 5 rings (SSSR count). The molecule has 2 N–H and O–H groups in total. The predicted octanol–water partition coefficient (Wildman–Crippen LogP) is 4.51. The van der Waals surface area contributed by atoms with Crippen LogP contribution >= 0.6 is 0 Å². The van der Waals surface area contributed by atoms with E-state index in [1.807, 2.05) is 66.7 Å². The SMILES string of the molecule is O=C1NC2(CCCC2)COC(=O)[C@@H](Cc2ccccc2)CCC=CC[C@@H]1CC(=O)N1Cc2ccccc2C[C@H]1CO. The van der Waals surface area contributed by atoms with Crippen molar-refractivity contribution in [1.82, 2.24) is 10.2 Å². The van der Waals surface area contributed by atoms with Gasteiger partial charge in [0.2, 0.25) is 11.8 Å². The first-order chi connectivity index (χ1) is 20.0. The van der Waals surface area contributed by atoms with Crippen LogP contribution in [0.25, 0.3) is 0 Å². The van der Waals surface area contributed by atoms with Crippen LogP contribution in [0.5, 0.6) is 0 Å². The molecule has 0 unspecified atom stereocenters. The fourth-order valence-electron chi connectivity index (χ4n) is 6.58. The van der Waals surface area contributed by atoms with Crippen LogP contribution in [0.4, 0.5) is 0 Å². The monoisotopic (exact) mass is 558 g/mol. The van der Waals surface area contributed by atoms with Crippen molar-refractivity contribution in [3.05, 3.63) is 83.4 Å². The Morgan fingerprint density at radius 1 is 0.976 bits per heavy atom. The summed E-state index contributed by atoms with van der Waals surface area (Å²) in [5, 5.41) is 13.3. The van der Waals surface area contributed by atoms with Gasteiger partial charge in [0.05, 0.1) is 30.0 Å². The molecule has 2 amide bonds. The Morgan fingerprint density at radius 3 is 2.46 bits per heavy atom. The first kappa shape index (κ1) is 29.1.